The number of rotatable bonds is 8. The van der Waals surface area contributed by atoms with E-state index in [0.29, 0.717) is 30.3 Å². The van der Waals surface area contributed by atoms with E-state index in [1.54, 1.807) is 26.3 Å². The Kier molecular flexibility index (Phi) is 7.89. The highest BCUT2D eigenvalue weighted by Crippen LogP contribution is 2.65. The van der Waals surface area contributed by atoms with Crippen molar-refractivity contribution in [3.05, 3.63) is 65.4 Å². The van der Waals surface area contributed by atoms with Gasteiger partial charge in [0.2, 0.25) is 5.91 Å². The number of carbonyl (C=O) groups is 2. The largest absolute Gasteiger partial charge is 0.497 e. The molecular formula is C34H41N5O5S. The molecule has 45 heavy (non-hydrogen) atoms. The fourth-order valence-electron chi connectivity index (χ4n) is 7.20. The second-order valence-corrected chi connectivity index (χ2v) is 14.6. The van der Waals surface area contributed by atoms with E-state index in [0.717, 1.165) is 63.5 Å². The SMILES string of the molecule is C=C(NC(=O)C12CC1c1cc(OC)ccc1-c1c(C3CCCCC3)c3ccc(C(=O)NS(=O)(=O)N(C)C)cc3n1C2)C(C)=NC. The van der Waals surface area contributed by atoms with Gasteiger partial charge >= 0.3 is 10.2 Å². The van der Waals surface area contributed by atoms with Crippen molar-refractivity contribution in [3.8, 4) is 17.0 Å². The summed E-state index contributed by atoms with van der Waals surface area (Å²) in [5, 5.41) is 4.07. The Balaban J connectivity index is 1.57. The lowest BCUT2D eigenvalue weighted by Crippen LogP contribution is -2.39. The molecule has 3 aromatic rings. The van der Waals surface area contributed by atoms with Crippen LogP contribution in [0.15, 0.2) is 53.7 Å². The molecule has 6 rings (SSSR count). The Morgan fingerprint density at radius 3 is 2.51 bits per heavy atom. The van der Waals surface area contributed by atoms with E-state index < -0.39 is 21.5 Å². The molecule has 2 aromatic carbocycles. The standard InChI is InChI=1S/C34H41N5O5S/c1-20(35-3)21(2)36-33(41)34-18-28(34)27-17-24(44-6)13-15-25(27)31-30(22-10-8-7-9-11-22)26-14-12-23(16-29(26)39(31)19-34)32(40)37-45(42,43)38(4)5/h12-17,22,28H,2,7-11,18-19H2,1,3-6H3,(H,36,41)(H,37,40). The van der Waals surface area contributed by atoms with Crippen molar-refractivity contribution in [1.82, 2.24) is 18.9 Å². The van der Waals surface area contributed by atoms with Gasteiger partial charge in [-0.05, 0) is 73.6 Å². The van der Waals surface area contributed by atoms with Crippen LogP contribution < -0.4 is 14.8 Å². The Labute approximate surface area is 264 Å². The second kappa shape index (κ2) is 11.4. The lowest BCUT2D eigenvalue weighted by Gasteiger charge is -2.24. The Hall–Kier alpha value is -3.96. The zero-order valence-corrected chi connectivity index (χ0v) is 27.4. The van der Waals surface area contributed by atoms with Crippen molar-refractivity contribution in [2.45, 2.75) is 63.8 Å². The molecule has 2 amide bonds. The molecule has 238 valence electrons. The Morgan fingerprint density at radius 2 is 1.84 bits per heavy atom. The lowest BCUT2D eigenvalue weighted by atomic mass is 9.81. The molecule has 0 saturated heterocycles. The number of amides is 2. The van der Waals surface area contributed by atoms with Gasteiger partial charge in [0.25, 0.3) is 5.91 Å². The van der Waals surface area contributed by atoms with Crippen LogP contribution in [0.4, 0.5) is 0 Å². The quantitative estimate of drug-likeness (QED) is 0.335. The third-order valence-corrected chi connectivity index (χ3v) is 11.4. The molecule has 2 heterocycles. The van der Waals surface area contributed by atoms with Crippen molar-refractivity contribution in [2.24, 2.45) is 10.4 Å². The maximum Gasteiger partial charge on any atom is 0.303 e. The van der Waals surface area contributed by atoms with Crippen molar-refractivity contribution in [1.29, 1.82) is 0 Å². The number of fused-ring (bicyclic) bond motifs is 7. The van der Waals surface area contributed by atoms with Gasteiger partial charge in [-0.25, -0.2) is 4.72 Å². The summed E-state index contributed by atoms with van der Waals surface area (Å²) >= 11 is 0. The summed E-state index contributed by atoms with van der Waals surface area (Å²) in [5.41, 5.74) is 5.86. The number of hydrogen-bond donors (Lipinski definition) is 2. The highest BCUT2D eigenvalue weighted by molar-refractivity contribution is 7.87. The third kappa shape index (κ3) is 5.25. The monoisotopic (exact) mass is 631 g/mol. The van der Waals surface area contributed by atoms with Crippen LogP contribution in [-0.4, -0.2) is 63.1 Å². The summed E-state index contributed by atoms with van der Waals surface area (Å²) in [6.07, 6.45) is 6.26. The molecule has 0 radical (unpaired) electrons. The molecule has 2 aliphatic carbocycles. The van der Waals surface area contributed by atoms with E-state index in [-0.39, 0.29) is 17.4 Å². The molecule has 3 aliphatic rings. The van der Waals surface area contributed by atoms with E-state index in [1.165, 1.54) is 26.1 Å². The van der Waals surface area contributed by atoms with Crippen LogP contribution in [0.5, 0.6) is 5.75 Å². The first-order valence-corrected chi connectivity index (χ1v) is 16.9. The summed E-state index contributed by atoms with van der Waals surface area (Å²) in [4.78, 5) is 31.6. The van der Waals surface area contributed by atoms with Crippen molar-refractivity contribution >= 4 is 38.6 Å². The molecule has 2 unspecified atom stereocenters. The van der Waals surface area contributed by atoms with Crippen LogP contribution in [0.25, 0.3) is 22.2 Å². The molecule has 11 heteroatoms. The van der Waals surface area contributed by atoms with Gasteiger partial charge in [-0.15, -0.1) is 0 Å². The van der Waals surface area contributed by atoms with Crippen molar-refractivity contribution < 1.29 is 22.7 Å². The molecule has 0 bridgehead atoms. The van der Waals surface area contributed by atoms with Crippen LogP contribution in [0.2, 0.25) is 0 Å². The van der Waals surface area contributed by atoms with E-state index >= 15 is 0 Å². The van der Waals surface area contributed by atoms with Gasteiger partial charge < -0.3 is 14.6 Å². The highest BCUT2D eigenvalue weighted by atomic mass is 32.2. The van der Waals surface area contributed by atoms with Crippen LogP contribution in [0.1, 0.15) is 78.8 Å². The average Bonchev–Trinajstić information content (AvgIpc) is 3.70. The maximum absolute atomic E-state index is 14.2. The lowest BCUT2D eigenvalue weighted by molar-refractivity contribution is -0.126. The second-order valence-electron chi connectivity index (χ2n) is 12.7. The number of hydrogen-bond acceptors (Lipinski definition) is 6. The number of nitrogens with one attached hydrogen (secondary N) is 2. The van der Waals surface area contributed by atoms with Crippen LogP contribution in [-0.2, 0) is 21.5 Å². The van der Waals surface area contributed by atoms with E-state index in [4.69, 9.17) is 4.74 Å². The van der Waals surface area contributed by atoms with E-state index in [9.17, 15) is 18.0 Å². The van der Waals surface area contributed by atoms with Gasteiger partial charge in [0, 0.05) is 55.6 Å². The molecular weight excluding hydrogens is 590 g/mol. The van der Waals surface area contributed by atoms with Crippen LogP contribution in [0, 0.1) is 5.41 Å². The van der Waals surface area contributed by atoms with Crippen LogP contribution in [0.3, 0.4) is 0 Å². The van der Waals surface area contributed by atoms with Gasteiger partial charge in [0.1, 0.15) is 5.75 Å². The summed E-state index contributed by atoms with van der Waals surface area (Å²) in [5.74, 6) is 0.192. The van der Waals surface area contributed by atoms with Gasteiger partial charge in [0.05, 0.1) is 29.6 Å². The van der Waals surface area contributed by atoms with Gasteiger partial charge in [0.15, 0.2) is 0 Å². The maximum atomic E-state index is 14.2. The number of aromatic nitrogens is 1. The first-order valence-electron chi connectivity index (χ1n) is 15.4. The minimum absolute atomic E-state index is 0.0415. The zero-order chi connectivity index (χ0) is 32.3. The minimum atomic E-state index is -3.98. The first-order chi connectivity index (χ1) is 21.4. The number of nitrogens with zero attached hydrogens (tertiary/aromatic N) is 3. The first kappa shape index (κ1) is 31.0. The molecule has 2 fully saturated rings. The van der Waals surface area contributed by atoms with Crippen molar-refractivity contribution in [3.63, 3.8) is 0 Å². The molecule has 2 N–H and O–H groups in total. The van der Waals surface area contributed by atoms with Gasteiger partial charge in [-0.1, -0.05) is 31.9 Å². The predicted octanol–water partition coefficient (Wildman–Crippen LogP) is 5.11. The third-order valence-electron chi connectivity index (χ3n) is 9.98. The molecule has 1 aliphatic heterocycles. The topological polar surface area (TPSA) is 122 Å². The smallest absolute Gasteiger partial charge is 0.303 e. The fourth-order valence-corrected chi connectivity index (χ4v) is 7.73. The number of ether oxygens (including phenoxy) is 1. The van der Waals surface area contributed by atoms with Crippen LogP contribution >= 0.6 is 0 Å². The fraction of sp³-hybridized carbons (Fsp3) is 0.441. The van der Waals surface area contributed by atoms with E-state index in [2.05, 4.69) is 38.3 Å². The van der Waals surface area contributed by atoms with Crippen molar-refractivity contribution in [2.75, 3.05) is 28.3 Å². The summed E-state index contributed by atoms with van der Waals surface area (Å²) < 4.78 is 36.0. The highest BCUT2D eigenvalue weighted by Gasteiger charge is 2.63. The number of methoxy groups -OCH3 is 1. The normalized spacial score (nSPS) is 21.4. The Morgan fingerprint density at radius 1 is 1.11 bits per heavy atom. The average molecular weight is 632 g/mol. The summed E-state index contributed by atoms with van der Waals surface area (Å²) in [6.45, 7) is 6.26. The van der Waals surface area contributed by atoms with E-state index in [1.807, 2.05) is 19.1 Å². The summed E-state index contributed by atoms with van der Waals surface area (Å²) in [7, 11) is 2.07. The molecule has 0 spiro atoms. The van der Waals surface area contributed by atoms with Gasteiger partial charge in [-0.3, -0.25) is 14.6 Å². The molecule has 2 atom stereocenters. The predicted molar refractivity (Wildman–Crippen MR) is 176 cm³/mol. The van der Waals surface area contributed by atoms with Gasteiger partial charge in [-0.2, -0.15) is 12.7 Å². The zero-order valence-electron chi connectivity index (χ0n) is 26.6. The number of benzene rings is 2. The molecule has 10 nitrogen and oxygen atoms in total. The molecule has 1 aromatic heterocycles. The molecule has 2 saturated carbocycles. The number of aliphatic imine (C=N–C) groups is 1. The number of allylic oxidation sites excluding steroid dienone is 1. The summed E-state index contributed by atoms with van der Waals surface area (Å²) in [6, 6.07) is 11.5. The number of carbonyl (C=O) groups excluding carboxylic acids is 2. The Bertz CT molecular complexity index is 1870. The minimum Gasteiger partial charge on any atom is -0.497 e.